The van der Waals surface area contributed by atoms with E-state index >= 15 is 0 Å². The highest BCUT2D eigenvalue weighted by atomic mass is 16.5. The molecule has 0 fully saturated rings. The summed E-state index contributed by atoms with van der Waals surface area (Å²) < 4.78 is 6.74. The predicted octanol–water partition coefficient (Wildman–Crippen LogP) is 1.22. The number of ether oxygens (including phenoxy) is 1. The average Bonchev–Trinajstić information content (AvgIpc) is 2.80. The van der Waals surface area contributed by atoms with E-state index in [0.717, 1.165) is 5.56 Å². The molecule has 0 saturated carbocycles. The Kier molecular flexibility index (Phi) is 4.30. The number of nitrogens with two attached hydrogens (primary N) is 1. The Morgan fingerprint density at radius 3 is 2.74 bits per heavy atom. The molecule has 0 atom stereocenters. The summed E-state index contributed by atoms with van der Waals surface area (Å²) in [6, 6.07) is 9.94. The standard InChI is InChI=1S/C14H17N3O2/c1-19-8-7-13-12(14(15)18)10-17(16-13)9-11-5-3-2-4-6-11/h2-6,10H,7-9H2,1H3,(H2,15,18). The third kappa shape index (κ3) is 3.42. The zero-order valence-corrected chi connectivity index (χ0v) is 10.9. The molecule has 0 spiro atoms. The number of hydrogen-bond acceptors (Lipinski definition) is 3. The lowest BCUT2D eigenvalue weighted by Crippen LogP contribution is -2.13. The Morgan fingerprint density at radius 1 is 1.37 bits per heavy atom. The van der Waals surface area contributed by atoms with E-state index in [4.69, 9.17) is 10.5 Å². The zero-order chi connectivity index (χ0) is 13.7. The van der Waals surface area contributed by atoms with Gasteiger partial charge in [0.15, 0.2) is 0 Å². The van der Waals surface area contributed by atoms with Crippen molar-refractivity contribution in [2.24, 2.45) is 5.73 Å². The van der Waals surface area contributed by atoms with Crippen LogP contribution in [0.3, 0.4) is 0 Å². The van der Waals surface area contributed by atoms with Gasteiger partial charge < -0.3 is 10.5 Å². The first-order valence-electron chi connectivity index (χ1n) is 6.09. The normalized spacial score (nSPS) is 10.6. The van der Waals surface area contributed by atoms with Crippen LogP contribution in [0.25, 0.3) is 0 Å². The summed E-state index contributed by atoms with van der Waals surface area (Å²) in [5.74, 6) is -0.453. The van der Waals surface area contributed by atoms with Crippen molar-refractivity contribution in [2.45, 2.75) is 13.0 Å². The number of carbonyl (C=O) groups is 1. The van der Waals surface area contributed by atoms with Gasteiger partial charge in [-0.25, -0.2) is 0 Å². The molecular weight excluding hydrogens is 242 g/mol. The summed E-state index contributed by atoms with van der Waals surface area (Å²) in [5.41, 5.74) is 7.64. The van der Waals surface area contributed by atoms with E-state index in [9.17, 15) is 4.79 Å². The molecule has 19 heavy (non-hydrogen) atoms. The molecule has 2 N–H and O–H groups in total. The Hall–Kier alpha value is -2.14. The first-order valence-corrected chi connectivity index (χ1v) is 6.09. The number of benzene rings is 1. The SMILES string of the molecule is COCCc1nn(Cc2ccccc2)cc1C(N)=O. The molecule has 5 heteroatoms. The second kappa shape index (κ2) is 6.15. The molecule has 1 heterocycles. The number of rotatable bonds is 6. The highest BCUT2D eigenvalue weighted by Crippen LogP contribution is 2.10. The van der Waals surface area contributed by atoms with Crippen LogP contribution >= 0.6 is 0 Å². The van der Waals surface area contributed by atoms with Crippen molar-refractivity contribution in [3.63, 3.8) is 0 Å². The van der Waals surface area contributed by atoms with Crippen LogP contribution in [-0.2, 0) is 17.7 Å². The fourth-order valence-electron chi connectivity index (χ4n) is 1.90. The third-order valence-electron chi connectivity index (χ3n) is 2.83. The van der Waals surface area contributed by atoms with Crippen molar-refractivity contribution in [1.82, 2.24) is 9.78 Å². The van der Waals surface area contributed by atoms with Crippen LogP contribution in [0.15, 0.2) is 36.5 Å². The maximum absolute atomic E-state index is 11.4. The lowest BCUT2D eigenvalue weighted by Gasteiger charge is -2.01. The van der Waals surface area contributed by atoms with Gasteiger partial charge in [-0.3, -0.25) is 9.48 Å². The third-order valence-corrected chi connectivity index (χ3v) is 2.83. The number of methoxy groups -OCH3 is 1. The lowest BCUT2D eigenvalue weighted by molar-refractivity contribution is 0.0999. The van der Waals surface area contributed by atoms with Crippen molar-refractivity contribution in [2.75, 3.05) is 13.7 Å². The smallest absolute Gasteiger partial charge is 0.252 e. The Morgan fingerprint density at radius 2 is 2.11 bits per heavy atom. The summed E-state index contributed by atoms with van der Waals surface area (Å²) in [4.78, 5) is 11.4. The molecular formula is C14H17N3O2. The van der Waals surface area contributed by atoms with Gasteiger partial charge in [-0.15, -0.1) is 0 Å². The Balaban J connectivity index is 2.20. The fourth-order valence-corrected chi connectivity index (χ4v) is 1.90. The van der Waals surface area contributed by atoms with E-state index in [1.807, 2.05) is 30.3 Å². The van der Waals surface area contributed by atoms with E-state index in [2.05, 4.69) is 5.10 Å². The molecule has 1 amide bonds. The van der Waals surface area contributed by atoms with Crippen molar-refractivity contribution in [3.05, 3.63) is 53.3 Å². The molecule has 0 aliphatic heterocycles. The maximum Gasteiger partial charge on any atom is 0.252 e. The molecule has 0 aliphatic carbocycles. The van der Waals surface area contributed by atoms with Gasteiger partial charge in [0, 0.05) is 19.7 Å². The van der Waals surface area contributed by atoms with Gasteiger partial charge >= 0.3 is 0 Å². The van der Waals surface area contributed by atoms with Gasteiger partial charge in [-0.05, 0) is 5.56 Å². The summed E-state index contributed by atoms with van der Waals surface area (Å²) in [7, 11) is 1.62. The number of aromatic nitrogens is 2. The molecule has 5 nitrogen and oxygen atoms in total. The van der Waals surface area contributed by atoms with E-state index in [0.29, 0.717) is 30.8 Å². The van der Waals surface area contributed by atoms with E-state index < -0.39 is 5.91 Å². The molecule has 2 aromatic rings. The Bertz CT molecular complexity index is 549. The molecule has 1 aromatic carbocycles. The van der Waals surface area contributed by atoms with Crippen LogP contribution in [0.4, 0.5) is 0 Å². The molecule has 2 rings (SSSR count). The van der Waals surface area contributed by atoms with Crippen LogP contribution in [0, 0.1) is 0 Å². The van der Waals surface area contributed by atoms with Gasteiger partial charge in [0.05, 0.1) is 24.4 Å². The van der Waals surface area contributed by atoms with Crippen LogP contribution in [-0.4, -0.2) is 29.4 Å². The maximum atomic E-state index is 11.4. The van der Waals surface area contributed by atoms with Gasteiger partial charge in [0.1, 0.15) is 0 Å². The minimum atomic E-state index is -0.453. The second-order valence-electron chi connectivity index (χ2n) is 4.28. The predicted molar refractivity (Wildman–Crippen MR) is 71.9 cm³/mol. The summed E-state index contributed by atoms with van der Waals surface area (Å²) in [6.45, 7) is 1.14. The highest BCUT2D eigenvalue weighted by Gasteiger charge is 2.13. The van der Waals surface area contributed by atoms with Gasteiger partial charge in [-0.1, -0.05) is 30.3 Å². The number of primary amides is 1. The molecule has 100 valence electrons. The molecule has 0 aliphatic rings. The molecule has 1 aromatic heterocycles. The highest BCUT2D eigenvalue weighted by molar-refractivity contribution is 5.93. The quantitative estimate of drug-likeness (QED) is 0.848. The zero-order valence-electron chi connectivity index (χ0n) is 10.9. The van der Waals surface area contributed by atoms with Crippen LogP contribution in [0.1, 0.15) is 21.6 Å². The lowest BCUT2D eigenvalue weighted by atomic mass is 10.2. The van der Waals surface area contributed by atoms with Crippen molar-refractivity contribution >= 4 is 5.91 Å². The number of nitrogens with zero attached hydrogens (tertiary/aromatic N) is 2. The first-order chi connectivity index (χ1) is 9.20. The van der Waals surface area contributed by atoms with Crippen LogP contribution in [0.5, 0.6) is 0 Å². The first kappa shape index (κ1) is 13.3. The average molecular weight is 259 g/mol. The number of carbonyl (C=O) groups excluding carboxylic acids is 1. The minimum absolute atomic E-state index is 0.453. The Labute approximate surface area is 112 Å². The van der Waals surface area contributed by atoms with Crippen molar-refractivity contribution in [3.8, 4) is 0 Å². The van der Waals surface area contributed by atoms with Gasteiger partial charge in [0.25, 0.3) is 5.91 Å². The molecule has 0 radical (unpaired) electrons. The fraction of sp³-hybridized carbons (Fsp3) is 0.286. The summed E-state index contributed by atoms with van der Waals surface area (Å²) in [5, 5.41) is 4.40. The number of amides is 1. The van der Waals surface area contributed by atoms with Crippen molar-refractivity contribution in [1.29, 1.82) is 0 Å². The minimum Gasteiger partial charge on any atom is -0.384 e. The molecule has 0 bridgehead atoms. The second-order valence-corrected chi connectivity index (χ2v) is 4.28. The van der Waals surface area contributed by atoms with Crippen molar-refractivity contribution < 1.29 is 9.53 Å². The van der Waals surface area contributed by atoms with Gasteiger partial charge in [0.2, 0.25) is 0 Å². The van der Waals surface area contributed by atoms with Gasteiger partial charge in [-0.2, -0.15) is 5.10 Å². The number of hydrogen-bond donors (Lipinski definition) is 1. The van der Waals surface area contributed by atoms with Crippen LogP contribution < -0.4 is 5.73 Å². The summed E-state index contributed by atoms with van der Waals surface area (Å²) in [6.07, 6.45) is 2.27. The van der Waals surface area contributed by atoms with E-state index in [-0.39, 0.29) is 0 Å². The summed E-state index contributed by atoms with van der Waals surface area (Å²) >= 11 is 0. The monoisotopic (exact) mass is 259 g/mol. The van der Waals surface area contributed by atoms with E-state index in [1.54, 1.807) is 18.0 Å². The molecule has 0 saturated heterocycles. The van der Waals surface area contributed by atoms with E-state index in [1.165, 1.54) is 0 Å². The van der Waals surface area contributed by atoms with Crippen LogP contribution in [0.2, 0.25) is 0 Å². The molecule has 0 unspecified atom stereocenters. The largest absolute Gasteiger partial charge is 0.384 e. The topological polar surface area (TPSA) is 70.1 Å².